The van der Waals surface area contributed by atoms with Crippen LogP contribution >= 0.6 is 34.8 Å². The van der Waals surface area contributed by atoms with Crippen LogP contribution in [0.15, 0.2) is 53.3 Å². The van der Waals surface area contributed by atoms with Crippen molar-refractivity contribution in [2.75, 3.05) is 5.73 Å². The van der Waals surface area contributed by atoms with E-state index in [1.807, 2.05) is 18.2 Å². The molecular weight excluding hydrogens is 457 g/mol. The third-order valence-corrected chi connectivity index (χ3v) is 5.89. The van der Waals surface area contributed by atoms with Crippen molar-refractivity contribution in [2.24, 2.45) is 7.05 Å². The van der Waals surface area contributed by atoms with Crippen molar-refractivity contribution in [3.8, 4) is 22.4 Å². The van der Waals surface area contributed by atoms with Gasteiger partial charge in [0.05, 0.1) is 16.4 Å². The van der Waals surface area contributed by atoms with E-state index < -0.39 is 11.3 Å². The topological polar surface area (TPSA) is 78.0 Å². The highest BCUT2D eigenvalue weighted by Gasteiger charge is 2.21. The maximum absolute atomic E-state index is 12.8. The molecule has 0 amide bonds. The van der Waals surface area contributed by atoms with Crippen LogP contribution in [0.2, 0.25) is 15.1 Å². The first kappa shape index (κ1) is 21.4. The lowest BCUT2D eigenvalue weighted by Crippen LogP contribution is -2.26. The second-order valence-corrected chi connectivity index (χ2v) is 8.38. The van der Waals surface area contributed by atoms with Crippen LogP contribution in [0.3, 0.4) is 0 Å². The number of hydrogen-bond donors (Lipinski definition) is 1. The summed E-state index contributed by atoms with van der Waals surface area (Å²) < 4.78 is 1.32. The maximum Gasteiger partial charge on any atom is 0.264 e. The minimum absolute atomic E-state index is 0.0591. The Morgan fingerprint density at radius 1 is 0.968 bits per heavy atom. The van der Waals surface area contributed by atoms with E-state index in [0.29, 0.717) is 42.9 Å². The molecule has 4 rings (SSSR count). The van der Waals surface area contributed by atoms with Crippen LogP contribution in [0.4, 0.5) is 5.69 Å². The van der Waals surface area contributed by atoms with Crippen molar-refractivity contribution < 1.29 is 4.79 Å². The highest BCUT2D eigenvalue weighted by Crippen LogP contribution is 2.39. The number of aromatic nitrogens is 2. The zero-order valence-electron chi connectivity index (χ0n) is 16.5. The SMILES string of the molecule is CC(=O)c1c(N)c2cc(-c3ccc(Cl)cc3)c(-c3ccc(Cl)cc3Cl)nc2n(C)c1=O. The fourth-order valence-electron chi connectivity index (χ4n) is 3.55. The van der Waals surface area contributed by atoms with Crippen molar-refractivity contribution in [3.05, 3.63) is 79.5 Å². The highest BCUT2D eigenvalue weighted by atomic mass is 35.5. The number of carbonyl (C=O) groups excluding carboxylic acids is 1. The Morgan fingerprint density at radius 3 is 2.23 bits per heavy atom. The number of Topliss-reactive ketones (excluding diaryl/α,β-unsaturated/α-hetero) is 1. The van der Waals surface area contributed by atoms with Crippen LogP contribution in [0, 0.1) is 0 Å². The zero-order chi connectivity index (χ0) is 22.4. The summed E-state index contributed by atoms with van der Waals surface area (Å²) in [4.78, 5) is 29.6. The molecule has 0 spiro atoms. The van der Waals surface area contributed by atoms with Crippen LogP contribution in [-0.2, 0) is 7.05 Å². The van der Waals surface area contributed by atoms with Gasteiger partial charge in [-0.2, -0.15) is 0 Å². The number of nitrogens with zero attached hydrogens (tertiary/aromatic N) is 2. The zero-order valence-corrected chi connectivity index (χ0v) is 18.8. The van der Waals surface area contributed by atoms with Gasteiger partial charge in [0, 0.05) is 33.6 Å². The molecule has 0 unspecified atom stereocenters. The first-order valence-corrected chi connectivity index (χ1v) is 10.4. The normalized spacial score (nSPS) is 11.1. The van der Waals surface area contributed by atoms with Crippen molar-refractivity contribution >= 4 is 57.3 Å². The van der Waals surface area contributed by atoms with E-state index in [-0.39, 0.29) is 11.3 Å². The molecule has 0 radical (unpaired) electrons. The number of pyridine rings is 2. The summed E-state index contributed by atoms with van der Waals surface area (Å²) in [6.07, 6.45) is 0. The number of carbonyl (C=O) groups is 1. The summed E-state index contributed by atoms with van der Waals surface area (Å²) in [6.45, 7) is 1.31. The minimum Gasteiger partial charge on any atom is -0.397 e. The second kappa shape index (κ2) is 8.00. The molecule has 0 aliphatic rings. The Labute approximate surface area is 193 Å². The summed E-state index contributed by atoms with van der Waals surface area (Å²) in [5, 5.41) is 1.98. The average molecular weight is 473 g/mol. The molecule has 31 heavy (non-hydrogen) atoms. The number of hydrogen-bond acceptors (Lipinski definition) is 4. The molecule has 0 bridgehead atoms. The molecule has 0 saturated heterocycles. The van der Waals surface area contributed by atoms with E-state index in [4.69, 9.17) is 45.5 Å². The molecule has 4 aromatic rings. The van der Waals surface area contributed by atoms with Gasteiger partial charge in [0.25, 0.3) is 5.56 Å². The lowest BCUT2D eigenvalue weighted by Gasteiger charge is -2.16. The first-order valence-electron chi connectivity index (χ1n) is 9.24. The Morgan fingerprint density at radius 2 is 1.61 bits per heavy atom. The number of rotatable bonds is 3. The van der Waals surface area contributed by atoms with Crippen LogP contribution in [0.25, 0.3) is 33.4 Å². The summed E-state index contributed by atoms with van der Waals surface area (Å²) in [7, 11) is 1.55. The maximum atomic E-state index is 12.8. The second-order valence-electron chi connectivity index (χ2n) is 7.10. The van der Waals surface area contributed by atoms with Gasteiger partial charge in [0.2, 0.25) is 0 Å². The van der Waals surface area contributed by atoms with Crippen molar-refractivity contribution in [2.45, 2.75) is 6.92 Å². The molecule has 8 heteroatoms. The Balaban J connectivity index is 2.17. The molecule has 0 saturated carbocycles. The summed E-state index contributed by atoms with van der Waals surface area (Å²) in [6, 6.07) is 14.1. The standard InChI is InChI=1S/C23H16Cl3N3O2/c1-11(30)19-20(27)17-10-16(12-3-5-13(24)6-4-12)21(28-22(17)29(2)23(19)31)15-8-7-14(25)9-18(15)26/h3-10H,27H2,1-2H3. The fraction of sp³-hybridized carbons (Fsp3) is 0.0870. The monoisotopic (exact) mass is 471 g/mol. The summed E-state index contributed by atoms with van der Waals surface area (Å²) in [5.74, 6) is -0.405. The van der Waals surface area contributed by atoms with Gasteiger partial charge in [-0.3, -0.25) is 14.2 Å². The number of nitrogens with two attached hydrogens (primary N) is 1. The van der Waals surface area contributed by atoms with Crippen LogP contribution < -0.4 is 11.3 Å². The highest BCUT2D eigenvalue weighted by molar-refractivity contribution is 6.36. The average Bonchev–Trinajstić information content (AvgIpc) is 2.72. The third kappa shape index (κ3) is 3.69. The number of halogens is 3. The number of fused-ring (bicyclic) bond motifs is 1. The minimum atomic E-state index is -0.502. The van der Waals surface area contributed by atoms with Gasteiger partial charge in [-0.05, 0) is 48.9 Å². The van der Waals surface area contributed by atoms with E-state index in [2.05, 4.69) is 0 Å². The molecule has 5 nitrogen and oxygen atoms in total. The van der Waals surface area contributed by atoms with Gasteiger partial charge in [0.1, 0.15) is 11.2 Å². The van der Waals surface area contributed by atoms with Crippen LogP contribution in [0.5, 0.6) is 0 Å². The molecule has 0 aliphatic heterocycles. The van der Waals surface area contributed by atoms with Crippen LogP contribution in [-0.4, -0.2) is 15.3 Å². The molecule has 2 heterocycles. The van der Waals surface area contributed by atoms with Gasteiger partial charge in [-0.1, -0.05) is 46.9 Å². The third-order valence-electron chi connectivity index (χ3n) is 5.09. The Hall–Kier alpha value is -2.86. The summed E-state index contributed by atoms with van der Waals surface area (Å²) in [5.41, 5.74) is 8.85. The van der Waals surface area contributed by atoms with Gasteiger partial charge >= 0.3 is 0 Å². The quantitative estimate of drug-likeness (QED) is 0.370. The Bertz CT molecular complexity index is 1430. The summed E-state index contributed by atoms with van der Waals surface area (Å²) >= 11 is 18.6. The number of nitrogen functional groups attached to an aromatic ring is 1. The Kier molecular flexibility index (Phi) is 5.52. The van der Waals surface area contributed by atoms with Gasteiger partial charge < -0.3 is 5.73 Å². The van der Waals surface area contributed by atoms with E-state index in [1.165, 1.54) is 11.5 Å². The van der Waals surface area contributed by atoms with Gasteiger partial charge in [-0.25, -0.2) is 4.98 Å². The molecule has 0 fully saturated rings. The van der Waals surface area contributed by atoms with Gasteiger partial charge in [-0.15, -0.1) is 0 Å². The molecular formula is C23H16Cl3N3O2. The lowest BCUT2D eigenvalue weighted by molar-refractivity contribution is 0.101. The van der Waals surface area contributed by atoms with Crippen LogP contribution in [0.1, 0.15) is 17.3 Å². The lowest BCUT2D eigenvalue weighted by atomic mass is 9.97. The molecule has 2 N–H and O–H groups in total. The number of aryl methyl sites for hydroxylation is 1. The molecule has 2 aromatic heterocycles. The smallest absolute Gasteiger partial charge is 0.264 e. The number of ketones is 1. The fourth-order valence-corrected chi connectivity index (χ4v) is 4.17. The van der Waals surface area contributed by atoms with E-state index in [9.17, 15) is 9.59 Å². The van der Waals surface area contributed by atoms with Crippen molar-refractivity contribution in [1.29, 1.82) is 0 Å². The molecule has 2 aromatic carbocycles. The first-order chi connectivity index (χ1) is 14.7. The van der Waals surface area contributed by atoms with E-state index in [0.717, 1.165) is 5.56 Å². The largest absolute Gasteiger partial charge is 0.397 e. The predicted molar refractivity (Wildman–Crippen MR) is 127 cm³/mol. The molecule has 156 valence electrons. The van der Waals surface area contributed by atoms with E-state index in [1.54, 1.807) is 37.4 Å². The number of anilines is 1. The van der Waals surface area contributed by atoms with Crippen molar-refractivity contribution in [3.63, 3.8) is 0 Å². The van der Waals surface area contributed by atoms with E-state index >= 15 is 0 Å². The predicted octanol–water partition coefficient (Wildman–Crippen LogP) is 6.01. The molecule has 0 atom stereocenters. The molecule has 0 aliphatic carbocycles. The van der Waals surface area contributed by atoms with Gasteiger partial charge in [0.15, 0.2) is 5.78 Å². The number of benzene rings is 2. The van der Waals surface area contributed by atoms with Crippen molar-refractivity contribution in [1.82, 2.24) is 9.55 Å².